The molecule has 11 heteroatoms. The van der Waals surface area contributed by atoms with Gasteiger partial charge in [0, 0.05) is 25.6 Å². The second kappa shape index (κ2) is 6.63. The number of anilines is 1. The topological polar surface area (TPSA) is 144 Å². The highest BCUT2D eigenvalue weighted by molar-refractivity contribution is 7.91. The summed E-state index contributed by atoms with van der Waals surface area (Å²) in [4.78, 5) is 20.7. The van der Waals surface area contributed by atoms with Crippen LogP contribution in [-0.4, -0.2) is 32.3 Å². The average Bonchev–Trinajstić information content (AvgIpc) is 2.73. The number of primary amides is 1. The first-order valence-corrected chi connectivity index (χ1v) is 7.88. The van der Waals surface area contributed by atoms with Crippen LogP contribution in [0.3, 0.4) is 0 Å². The van der Waals surface area contributed by atoms with Gasteiger partial charge in [0.15, 0.2) is 5.00 Å². The molecule has 0 aliphatic carbocycles. The minimum atomic E-state index is -3.89. The van der Waals surface area contributed by atoms with Gasteiger partial charge in [0.1, 0.15) is 4.21 Å². The molecule has 1 aromatic heterocycles. The quantitative estimate of drug-likeness (QED) is 0.462. The molecule has 0 fully saturated rings. The number of amides is 1. The third-order valence-electron chi connectivity index (χ3n) is 2.15. The Labute approximate surface area is 119 Å². The van der Waals surface area contributed by atoms with E-state index in [4.69, 9.17) is 5.73 Å². The minimum Gasteiger partial charge on any atom is -0.372 e. The van der Waals surface area contributed by atoms with Gasteiger partial charge in [-0.3, -0.25) is 14.9 Å². The van der Waals surface area contributed by atoms with Crippen LogP contribution in [0.15, 0.2) is 10.3 Å². The molecule has 0 aliphatic rings. The molecule has 0 aromatic carbocycles. The normalized spacial score (nSPS) is 11.2. The Morgan fingerprint density at radius 2 is 2.20 bits per heavy atom. The number of sulfonamides is 1. The first kappa shape index (κ1) is 16.3. The third kappa shape index (κ3) is 4.15. The van der Waals surface area contributed by atoms with Gasteiger partial charge in [0.2, 0.25) is 15.9 Å². The molecule has 0 atom stereocenters. The van der Waals surface area contributed by atoms with Crippen molar-refractivity contribution >= 4 is 38.0 Å². The van der Waals surface area contributed by atoms with Crippen molar-refractivity contribution in [2.24, 2.45) is 5.73 Å². The fraction of sp³-hybridized carbons (Fsp3) is 0.444. The van der Waals surface area contributed by atoms with Gasteiger partial charge in [-0.1, -0.05) is 11.3 Å². The molecule has 1 heterocycles. The van der Waals surface area contributed by atoms with Crippen LogP contribution < -0.4 is 15.8 Å². The number of rotatable bonds is 8. The van der Waals surface area contributed by atoms with Gasteiger partial charge in [-0.2, -0.15) is 0 Å². The second-order valence-electron chi connectivity index (χ2n) is 3.68. The van der Waals surface area contributed by atoms with Crippen LogP contribution in [-0.2, 0) is 14.8 Å². The van der Waals surface area contributed by atoms with E-state index in [9.17, 15) is 23.3 Å². The lowest BCUT2D eigenvalue weighted by Crippen LogP contribution is -2.27. The van der Waals surface area contributed by atoms with Gasteiger partial charge in [-0.25, -0.2) is 13.1 Å². The summed E-state index contributed by atoms with van der Waals surface area (Å²) >= 11 is 0.759. The molecule has 1 rings (SSSR count). The van der Waals surface area contributed by atoms with Crippen molar-refractivity contribution in [2.75, 3.05) is 18.4 Å². The molecule has 1 amide bonds. The number of nitrogens with two attached hydrogens (primary N) is 1. The standard InChI is InChI=1S/C9H14N4O5S2/c1-2-11-9-6(13(15)16)5-8(19-9)20(17,18)12-4-3-7(10)14/h5,11-12H,2-4H2,1H3,(H2,10,14). The maximum Gasteiger partial charge on any atom is 0.304 e. The van der Waals surface area contributed by atoms with E-state index in [1.54, 1.807) is 6.92 Å². The van der Waals surface area contributed by atoms with Crippen molar-refractivity contribution in [3.63, 3.8) is 0 Å². The first-order chi connectivity index (χ1) is 9.27. The Hall–Kier alpha value is -1.72. The molecular weight excluding hydrogens is 308 g/mol. The number of nitrogens with one attached hydrogen (secondary N) is 2. The maximum absolute atomic E-state index is 11.9. The molecule has 20 heavy (non-hydrogen) atoms. The van der Waals surface area contributed by atoms with Crippen LogP contribution in [0.4, 0.5) is 10.7 Å². The molecule has 0 saturated carbocycles. The van der Waals surface area contributed by atoms with Gasteiger partial charge in [-0.15, -0.1) is 0 Å². The van der Waals surface area contributed by atoms with Crippen LogP contribution in [0, 0.1) is 10.1 Å². The van der Waals surface area contributed by atoms with Gasteiger partial charge >= 0.3 is 5.69 Å². The number of nitro groups is 1. The Kier molecular flexibility index (Phi) is 5.42. The summed E-state index contributed by atoms with van der Waals surface area (Å²) in [5.74, 6) is -0.641. The lowest BCUT2D eigenvalue weighted by atomic mass is 10.4. The summed E-state index contributed by atoms with van der Waals surface area (Å²) in [6.45, 7) is 2.01. The molecule has 4 N–H and O–H groups in total. The maximum atomic E-state index is 11.9. The Balaban J connectivity index is 2.97. The summed E-state index contributed by atoms with van der Waals surface area (Å²) < 4.78 is 25.8. The smallest absolute Gasteiger partial charge is 0.304 e. The zero-order valence-electron chi connectivity index (χ0n) is 10.6. The predicted octanol–water partition coefficient (Wildman–Crippen LogP) is 0.242. The van der Waals surface area contributed by atoms with E-state index < -0.39 is 20.9 Å². The fourth-order valence-corrected chi connectivity index (χ4v) is 3.77. The summed E-state index contributed by atoms with van der Waals surface area (Å²) in [6, 6.07) is 0.981. The molecular formula is C9H14N4O5S2. The van der Waals surface area contributed by atoms with Crippen molar-refractivity contribution in [1.29, 1.82) is 0 Å². The molecule has 0 radical (unpaired) electrons. The van der Waals surface area contributed by atoms with Gasteiger partial charge in [0.05, 0.1) is 4.92 Å². The monoisotopic (exact) mass is 322 g/mol. The molecule has 0 aliphatic heterocycles. The average molecular weight is 322 g/mol. The molecule has 0 unspecified atom stereocenters. The van der Waals surface area contributed by atoms with Crippen LogP contribution in [0.2, 0.25) is 0 Å². The predicted molar refractivity (Wildman–Crippen MR) is 74.1 cm³/mol. The molecule has 0 bridgehead atoms. The summed E-state index contributed by atoms with van der Waals surface area (Å²) in [5.41, 5.74) is 4.60. The van der Waals surface area contributed by atoms with E-state index in [1.165, 1.54) is 0 Å². The number of hydrogen-bond acceptors (Lipinski definition) is 7. The summed E-state index contributed by atoms with van der Waals surface area (Å²) in [5, 5.41) is 13.7. The van der Waals surface area contributed by atoms with E-state index >= 15 is 0 Å². The summed E-state index contributed by atoms with van der Waals surface area (Å²) in [6.07, 6.45) is -0.146. The molecule has 1 aromatic rings. The molecule has 0 saturated heterocycles. The fourth-order valence-electron chi connectivity index (χ4n) is 1.29. The Morgan fingerprint density at radius 1 is 1.55 bits per heavy atom. The number of carbonyl (C=O) groups excluding carboxylic acids is 1. The Morgan fingerprint density at radius 3 is 2.70 bits per heavy atom. The van der Waals surface area contributed by atoms with Crippen molar-refractivity contribution in [3.05, 3.63) is 16.2 Å². The van der Waals surface area contributed by atoms with E-state index in [0.717, 1.165) is 17.4 Å². The molecule has 0 spiro atoms. The Bertz CT molecular complexity index is 610. The molecule has 112 valence electrons. The van der Waals surface area contributed by atoms with Gasteiger partial charge in [-0.05, 0) is 6.92 Å². The zero-order valence-corrected chi connectivity index (χ0v) is 12.2. The number of hydrogen-bond donors (Lipinski definition) is 3. The van der Waals surface area contributed by atoms with E-state index in [1.807, 2.05) is 0 Å². The van der Waals surface area contributed by atoms with Crippen LogP contribution in [0.25, 0.3) is 0 Å². The lowest BCUT2D eigenvalue weighted by molar-refractivity contribution is -0.383. The van der Waals surface area contributed by atoms with Crippen molar-refractivity contribution < 1.29 is 18.1 Å². The second-order valence-corrected chi connectivity index (χ2v) is 6.73. The number of carbonyl (C=O) groups is 1. The molecule has 9 nitrogen and oxygen atoms in total. The van der Waals surface area contributed by atoms with Gasteiger partial charge in [0.25, 0.3) is 0 Å². The first-order valence-electron chi connectivity index (χ1n) is 5.58. The highest BCUT2D eigenvalue weighted by Crippen LogP contribution is 2.36. The highest BCUT2D eigenvalue weighted by Gasteiger charge is 2.25. The van der Waals surface area contributed by atoms with Crippen molar-refractivity contribution in [2.45, 2.75) is 17.6 Å². The van der Waals surface area contributed by atoms with Crippen molar-refractivity contribution in [1.82, 2.24) is 4.72 Å². The lowest BCUT2D eigenvalue weighted by Gasteiger charge is -2.02. The van der Waals surface area contributed by atoms with Crippen LogP contribution in [0.1, 0.15) is 13.3 Å². The largest absolute Gasteiger partial charge is 0.372 e. The number of nitrogens with zero attached hydrogens (tertiary/aromatic N) is 1. The van der Waals surface area contributed by atoms with Crippen LogP contribution in [0.5, 0.6) is 0 Å². The van der Waals surface area contributed by atoms with Crippen molar-refractivity contribution in [3.8, 4) is 0 Å². The third-order valence-corrected chi connectivity index (χ3v) is 5.17. The summed E-state index contributed by atoms with van der Waals surface area (Å²) in [7, 11) is -3.89. The number of thiophene rings is 1. The van der Waals surface area contributed by atoms with E-state index in [-0.39, 0.29) is 27.9 Å². The zero-order chi connectivity index (χ0) is 15.3. The highest BCUT2D eigenvalue weighted by atomic mass is 32.2. The minimum absolute atomic E-state index is 0.146. The SMILES string of the molecule is CCNc1sc(S(=O)(=O)NCCC(N)=O)cc1[N+](=O)[O-]. The van der Waals surface area contributed by atoms with Gasteiger partial charge < -0.3 is 11.1 Å². The van der Waals surface area contributed by atoms with E-state index in [0.29, 0.717) is 6.54 Å². The van der Waals surface area contributed by atoms with Crippen LogP contribution >= 0.6 is 11.3 Å². The van der Waals surface area contributed by atoms with E-state index in [2.05, 4.69) is 10.0 Å².